The monoisotopic (exact) mass is 655 g/mol. The summed E-state index contributed by atoms with van der Waals surface area (Å²) in [4.78, 5) is 0. The summed E-state index contributed by atoms with van der Waals surface area (Å²) in [6, 6.07) is 0. The molecule has 3 unspecified atom stereocenters. The summed E-state index contributed by atoms with van der Waals surface area (Å²) >= 11 is 0. The normalized spacial score (nSPS) is 10.5. The molecule has 0 aromatic rings. The van der Waals surface area contributed by atoms with Crippen LogP contribution in [0.3, 0.4) is 0 Å². The maximum absolute atomic E-state index is 2.38. The fraction of sp³-hybridized carbons (Fsp3) is 1.00. The van der Waals surface area contributed by atoms with Gasteiger partial charge in [-0.25, -0.2) is 0 Å². The molecule has 0 aliphatic heterocycles. The second-order valence-corrected chi connectivity index (χ2v) is 12.2. The van der Waals surface area contributed by atoms with E-state index in [1.165, 1.54) is 148 Å². The summed E-state index contributed by atoms with van der Waals surface area (Å²) in [7, 11) is 0. The summed E-state index contributed by atoms with van der Waals surface area (Å²) in [6.45, 7) is 25.2. The van der Waals surface area contributed by atoms with Gasteiger partial charge in [-0.2, -0.15) is 0 Å². The van der Waals surface area contributed by atoms with Gasteiger partial charge in [0.15, 0.2) is 0 Å². The molecule has 0 saturated heterocycles. The minimum absolute atomic E-state index is 0. The Hall–Kier alpha value is 0. The third-order valence-corrected chi connectivity index (χ3v) is 7.45. The second-order valence-electron chi connectivity index (χ2n) is 12.2. The highest BCUT2D eigenvalue weighted by molar-refractivity contribution is 4.53. The zero-order chi connectivity index (χ0) is 29.0. The Morgan fingerprint density at radius 1 is 0.222 bits per heavy atom. The Bertz CT molecular complexity index is 296. The van der Waals surface area contributed by atoms with Gasteiger partial charge in [0.05, 0.1) is 0 Å². The molecule has 0 N–H and O–H groups in total. The standard InChI is InChI=1S/2C11H24.C9H20.C6H14.8CH4/c2*1-4-6-7-8-10-11(3)9-5-2;1-4-6-8-9(3)7-5-2;1-3-5-6-4-2;;;;;;;;/h2*11H,4-10H2,1-3H3;9H,4-8H2,1-3H3;3-6H2,1-2H3;8*1H4. The largest absolute Gasteiger partial charge is 0.0776 e. The first kappa shape index (κ1) is 80.0. The van der Waals surface area contributed by atoms with E-state index < -0.39 is 0 Å². The molecule has 45 heavy (non-hydrogen) atoms. The van der Waals surface area contributed by atoms with Crippen LogP contribution in [0.1, 0.15) is 283 Å². The SMILES string of the molecule is C.C.C.C.C.C.C.C.CCCCC(C)CCC.CCCCCC.CCCCCCC(C)CCC.CCCCCCC(C)CCC. The minimum atomic E-state index is 0. The Kier molecular flexibility index (Phi) is 141. The van der Waals surface area contributed by atoms with Crippen molar-refractivity contribution in [3.63, 3.8) is 0 Å². The number of unbranched alkanes of at least 4 members (excludes halogenated alkanes) is 10. The smallest absolute Gasteiger partial charge is 0.0443 e. The van der Waals surface area contributed by atoms with Gasteiger partial charge in [0.1, 0.15) is 0 Å². The van der Waals surface area contributed by atoms with Crippen LogP contribution in [0.15, 0.2) is 0 Å². The molecule has 0 aliphatic carbocycles. The van der Waals surface area contributed by atoms with E-state index >= 15 is 0 Å². The van der Waals surface area contributed by atoms with Gasteiger partial charge in [-0.1, -0.05) is 283 Å². The van der Waals surface area contributed by atoms with E-state index in [-0.39, 0.29) is 59.4 Å². The highest BCUT2D eigenvalue weighted by atomic mass is 14.1. The second kappa shape index (κ2) is 79.4. The van der Waals surface area contributed by atoms with E-state index in [9.17, 15) is 0 Å². The molecule has 0 heteroatoms. The number of hydrogen-bond donors (Lipinski definition) is 0. The van der Waals surface area contributed by atoms with Crippen molar-refractivity contribution < 1.29 is 0 Å². The quantitative estimate of drug-likeness (QED) is 0.102. The van der Waals surface area contributed by atoms with Gasteiger partial charge in [-0.3, -0.25) is 0 Å². The van der Waals surface area contributed by atoms with Gasteiger partial charge in [-0.15, -0.1) is 0 Å². The van der Waals surface area contributed by atoms with E-state index in [1.54, 1.807) is 0 Å². The molecule has 0 bridgehead atoms. The zero-order valence-electron chi connectivity index (χ0n) is 29.0. The molecule has 0 heterocycles. The van der Waals surface area contributed by atoms with Crippen molar-refractivity contribution in [2.75, 3.05) is 0 Å². The van der Waals surface area contributed by atoms with Gasteiger partial charge in [0, 0.05) is 0 Å². The Balaban J connectivity index is -0.0000000310. The van der Waals surface area contributed by atoms with Gasteiger partial charge in [0.25, 0.3) is 0 Å². The molecule has 3 atom stereocenters. The highest BCUT2D eigenvalue weighted by Crippen LogP contribution is 2.16. The fourth-order valence-electron chi connectivity index (χ4n) is 4.80. The van der Waals surface area contributed by atoms with Crippen LogP contribution >= 0.6 is 0 Å². The van der Waals surface area contributed by atoms with Crippen molar-refractivity contribution in [1.82, 2.24) is 0 Å². The lowest BCUT2D eigenvalue weighted by molar-refractivity contribution is 0.455. The summed E-state index contributed by atoms with van der Waals surface area (Å²) in [5.41, 5.74) is 0. The van der Waals surface area contributed by atoms with Crippen molar-refractivity contribution in [3.05, 3.63) is 0 Å². The van der Waals surface area contributed by atoms with Crippen LogP contribution < -0.4 is 0 Å². The van der Waals surface area contributed by atoms with Gasteiger partial charge in [-0.05, 0) is 17.8 Å². The van der Waals surface area contributed by atoms with Gasteiger partial charge < -0.3 is 0 Å². The van der Waals surface area contributed by atoms with E-state index in [4.69, 9.17) is 0 Å². The minimum Gasteiger partial charge on any atom is -0.0776 e. The molecule has 0 saturated carbocycles. The van der Waals surface area contributed by atoms with E-state index in [0.29, 0.717) is 0 Å². The molecule has 0 radical (unpaired) electrons. The molecule has 0 aromatic heterocycles. The first-order valence-electron chi connectivity index (χ1n) is 17.8. The van der Waals surface area contributed by atoms with E-state index in [1.807, 2.05) is 0 Å². The average Bonchev–Trinajstić information content (AvgIpc) is 2.88. The lowest BCUT2D eigenvalue weighted by Gasteiger charge is -2.08. The zero-order valence-corrected chi connectivity index (χ0v) is 29.0. The molecular weight excluding hydrogens is 540 g/mol. The topological polar surface area (TPSA) is 0 Å². The third kappa shape index (κ3) is 99.0. The predicted octanol–water partition coefficient (Wildman–Crippen LogP) is 20.1. The van der Waals surface area contributed by atoms with Crippen LogP contribution in [0.5, 0.6) is 0 Å². The lowest BCUT2D eigenvalue weighted by Crippen LogP contribution is -1.93. The van der Waals surface area contributed by atoms with Crippen molar-refractivity contribution in [2.24, 2.45) is 17.8 Å². The molecule has 0 amide bonds. The van der Waals surface area contributed by atoms with Crippen molar-refractivity contribution in [1.29, 1.82) is 0 Å². The van der Waals surface area contributed by atoms with Gasteiger partial charge >= 0.3 is 0 Å². The first-order chi connectivity index (χ1) is 17.8. The van der Waals surface area contributed by atoms with Crippen LogP contribution in [-0.4, -0.2) is 0 Å². The van der Waals surface area contributed by atoms with Crippen LogP contribution in [0, 0.1) is 17.8 Å². The molecule has 0 nitrogen and oxygen atoms in total. The summed E-state index contributed by atoms with van der Waals surface area (Å²) in [6.07, 6.45) is 32.4. The molecule has 0 spiro atoms. The highest BCUT2D eigenvalue weighted by Gasteiger charge is 2.00. The lowest BCUT2D eigenvalue weighted by atomic mass is 9.98. The van der Waals surface area contributed by atoms with Crippen molar-refractivity contribution >= 4 is 0 Å². The van der Waals surface area contributed by atoms with Crippen LogP contribution in [0.2, 0.25) is 0 Å². The molecule has 294 valence electrons. The van der Waals surface area contributed by atoms with Crippen LogP contribution in [0.25, 0.3) is 0 Å². The predicted molar refractivity (Wildman–Crippen MR) is 233 cm³/mol. The Labute approximate surface area is 300 Å². The summed E-state index contributed by atoms with van der Waals surface area (Å²) < 4.78 is 0. The summed E-state index contributed by atoms with van der Waals surface area (Å²) in [5, 5.41) is 0. The molecular formula is C45H114. The maximum Gasteiger partial charge on any atom is -0.0443 e. The maximum atomic E-state index is 2.38. The summed E-state index contributed by atoms with van der Waals surface area (Å²) in [5.74, 6) is 2.91. The third-order valence-electron chi connectivity index (χ3n) is 7.45. The molecule has 0 aromatic carbocycles. The Morgan fingerprint density at radius 3 is 0.622 bits per heavy atom. The van der Waals surface area contributed by atoms with Crippen LogP contribution in [-0.2, 0) is 0 Å². The van der Waals surface area contributed by atoms with Crippen molar-refractivity contribution in [3.8, 4) is 0 Å². The number of hydrogen-bond acceptors (Lipinski definition) is 0. The number of rotatable bonds is 22. The fourth-order valence-corrected chi connectivity index (χ4v) is 4.80. The molecule has 0 aliphatic rings. The molecule has 0 rings (SSSR count). The average molecular weight is 655 g/mol. The van der Waals surface area contributed by atoms with Crippen molar-refractivity contribution in [2.45, 2.75) is 283 Å². The Morgan fingerprint density at radius 2 is 0.422 bits per heavy atom. The van der Waals surface area contributed by atoms with Gasteiger partial charge in [0.2, 0.25) is 0 Å². The molecule has 0 fully saturated rings. The van der Waals surface area contributed by atoms with Crippen LogP contribution in [0.4, 0.5) is 0 Å². The van der Waals surface area contributed by atoms with E-state index in [2.05, 4.69) is 76.2 Å². The van der Waals surface area contributed by atoms with E-state index in [0.717, 1.165) is 17.8 Å². The first-order valence-corrected chi connectivity index (χ1v) is 17.8.